The van der Waals surface area contributed by atoms with Gasteiger partial charge in [-0.1, -0.05) is 6.08 Å². The van der Waals surface area contributed by atoms with Crippen molar-refractivity contribution in [1.82, 2.24) is 20.4 Å². The van der Waals surface area contributed by atoms with Gasteiger partial charge in [0, 0.05) is 39.8 Å². The second-order valence-corrected chi connectivity index (χ2v) is 7.18. The summed E-state index contributed by atoms with van der Waals surface area (Å²) in [6.45, 7) is 11.0. The fraction of sp³-hybridized carbons (Fsp3) is 0.706. The number of hydrogen-bond acceptors (Lipinski definition) is 4. The van der Waals surface area contributed by atoms with Gasteiger partial charge in [0.05, 0.1) is 0 Å². The number of guanidine groups is 1. The van der Waals surface area contributed by atoms with E-state index in [9.17, 15) is 9.59 Å². The lowest BCUT2D eigenvalue weighted by Crippen LogP contribution is -2.46. The van der Waals surface area contributed by atoms with Gasteiger partial charge in [0.25, 0.3) is 0 Å². The van der Waals surface area contributed by atoms with Crippen molar-refractivity contribution < 1.29 is 14.3 Å². The third kappa shape index (κ3) is 7.91. The number of rotatable bonds is 5. The summed E-state index contributed by atoms with van der Waals surface area (Å²) in [6, 6.07) is 0.0537. The molecule has 1 aliphatic heterocycles. The number of amides is 2. The molecule has 1 fully saturated rings. The van der Waals surface area contributed by atoms with E-state index in [1.54, 1.807) is 25.1 Å². The maximum absolute atomic E-state index is 12.1. The highest BCUT2D eigenvalue weighted by molar-refractivity contribution is 5.85. The smallest absolute Gasteiger partial charge is 0.410 e. The van der Waals surface area contributed by atoms with Gasteiger partial charge in [0.15, 0.2) is 5.96 Å². The Morgan fingerprint density at radius 2 is 2.08 bits per heavy atom. The van der Waals surface area contributed by atoms with Crippen LogP contribution in [-0.2, 0) is 9.53 Å². The molecule has 1 atom stereocenters. The fourth-order valence-electron chi connectivity index (χ4n) is 2.17. The maximum atomic E-state index is 12.1. The third-order valence-corrected chi connectivity index (χ3v) is 3.47. The summed E-state index contributed by atoms with van der Waals surface area (Å²) in [5.74, 6) is 0.452. The first-order chi connectivity index (χ1) is 11.6. The van der Waals surface area contributed by atoms with E-state index in [1.807, 2.05) is 20.8 Å². The molecule has 25 heavy (non-hydrogen) atoms. The topological polar surface area (TPSA) is 86.3 Å². The van der Waals surface area contributed by atoms with Crippen LogP contribution < -0.4 is 10.6 Å². The van der Waals surface area contributed by atoms with E-state index in [1.165, 1.54) is 4.90 Å². The molecule has 0 saturated carbocycles. The van der Waals surface area contributed by atoms with Crippen molar-refractivity contribution in [2.24, 2.45) is 4.99 Å². The van der Waals surface area contributed by atoms with E-state index < -0.39 is 5.60 Å². The number of carbonyl (C=O) groups is 2. The van der Waals surface area contributed by atoms with Crippen LogP contribution in [0.5, 0.6) is 0 Å². The average molecular weight is 353 g/mol. The first kappa shape index (κ1) is 20.8. The molecule has 142 valence electrons. The summed E-state index contributed by atoms with van der Waals surface area (Å²) < 4.78 is 5.40. The zero-order valence-electron chi connectivity index (χ0n) is 16.0. The second-order valence-electron chi connectivity index (χ2n) is 7.18. The van der Waals surface area contributed by atoms with Gasteiger partial charge in [-0.25, -0.2) is 9.79 Å². The summed E-state index contributed by atoms with van der Waals surface area (Å²) in [4.78, 5) is 31.3. The standard InChI is InChI=1S/C17H31N5O3/c1-7-9-18-15(19-11-14(23)21(5)6)20-13-8-10-22(12-13)16(24)25-17(2,3)4/h7,13H,1,8-12H2,2-6H3,(H2,18,19,20). The largest absolute Gasteiger partial charge is 0.444 e. The van der Waals surface area contributed by atoms with Crippen LogP contribution in [0.15, 0.2) is 17.6 Å². The van der Waals surface area contributed by atoms with Crippen molar-refractivity contribution in [3.05, 3.63) is 12.7 Å². The molecular weight excluding hydrogens is 322 g/mol. The van der Waals surface area contributed by atoms with Crippen LogP contribution in [0.4, 0.5) is 4.79 Å². The zero-order valence-corrected chi connectivity index (χ0v) is 16.0. The van der Waals surface area contributed by atoms with E-state index in [0.717, 1.165) is 6.42 Å². The number of aliphatic imine (C=N–C) groups is 1. The minimum Gasteiger partial charge on any atom is -0.444 e. The van der Waals surface area contributed by atoms with Crippen molar-refractivity contribution in [3.8, 4) is 0 Å². The van der Waals surface area contributed by atoms with E-state index >= 15 is 0 Å². The Morgan fingerprint density at radius 1 is 1.40 bits per heavy atom. The molecular formula is C17H31N5O3. The molecule has 8 heteroatoms. The molecule has 0 aliphatic carbocycles. The lowest BCUT2D eigenvalue weighted by molar-refractivity contribution is -0.127. The lowest BCUT2D eigenvalue weighted by atomic mass is 10.2. The second kappa shape index (κ2) is 9.29. The molecule has 1 rings (SSSR count). The summed E-state index contributed by atoms with van der Waals surface area (Å²) in [7, 11) is 3.38. The van der Waals surface area contributed by atoms with Gasteiger partial charge in [0.2, 0.25) is 5.91 Å². The van der Waals surface area contributed by atoms with Gasteiger partial charge in [-0.3, -0.25) is 4.79 Å². The highest BCUT2D eigenvalue weighted by Crippen LogP contribution is 2.15. The lowest BCUT2D eigenvalue weighted by Gasteiger charge is -2.24. The average Bonchev–Trinajstić information content (AvgIpc) is 2.96. The molecule has 2 amide bonds. The predicted molar refractivity (Wildman–Crippen MR) is 98.5 cm³/mol. The van der Waals surface area contributed by atoms with Crippen LogP contribution in [0.25, 0.3) is 0 Å². The first-order valence-electron chi connectivity index (χ1n) is 8.46. The number of nitrogens with zero attached hydrogens (tertiary/aromatic N) is 3. The van der Waals surface area contributed by atoms with Gasteiger partial charge in [-0.05, 0) is 27.2 Å². The predicted octanol–water partition coefficient (Wildman–Crippen LogP) is 0.805. The Morgan fingerprint density at radius 3 is 2.64 bits per heavy atom. The Bertz CT molecular complexity index is 511. The highest BCUT2D eigenvalue weighted by atomic mass is 16.6. The van der Waals surface area contributed by atoms with E-state index in [0.29, 0.717) is 25.6 Å². The van der Waals surface area contributed by atoms with E-state index in [2.05, 4.69) is 22.2 Å². The summed E-state index contributed by atoms with van der Waals surface area (Å²) in [5.41, 5.74) is -0.507. The molecule has 1 aliphatic rings. The number of carbonyl (C=O) groups excluding carboxylic acids is 2. The van der Waals surface area contributed by atoms with E-state index in [-0.39, 0.29) is 24.6 Å². The zero-order chi connectivity index (χ0) is 19.0. The molecule has 0 aromatic carbocycles. The number of ether oxygens (including phenoxy) is 1. The number of likely N-dealkylation sites (tertiary alicyclic amines) is 1. The van der Waals surface area contributed by atoms with Crippen molar-refractivity contribution in [2.75, 3.05) is 40.3 Å². The van der Waals surface area contributed by atoms with Gasteiger partial charge in [-0.15, -0.1) is 6.58 Å². The molecule has 0 radical (unpaired) electrons. The maximum Gasteiger partial charge on any atom is 0.410 e. The molecule has 0 aromatic rings. The highest BCUT2D eigenvalue weighted by Gasteiger charge is 2.30. The van der Waals surface area contributed by atoms with Gasteiger partial charge in [-0.2, -0.15) is 0 Å². The molecule has 1 heterocycles. The Balaban J connectivity index is 2.60. The van der Waals surface area contributed by atoms with Crippen LogP contribution >= 0.6 is 0 Å². The van der Waals surface area contributed by atoms with Crippen LogP contribution in [-0.4, -0.2) is 79.7 Å². The van der Waals surface area contributed by atoms with Crippen LogP contribution in [0.2, 0.25) is 0 Å². The molecule has 1 saturated heterocycles. The fourth-order valence-corrected chi connectivity index (χ4v) is 2.17. The van der Waals surface area contributed by atoms with Crippen molar-refractivity contribution >= 4 is 18.0 Å². The Labute approximate surface area is 150 Å². The monoisotopic (exact) mass is 353 g/mol. The molecule has 1 unspecified atom stereocenters. The molecule has 0 spiro atoms. The van der Waals surface area contributed by atoms with Crippen molar-refractivity contribution in [2.45, 2.75) is 38.8 Å². The quantitative estimate of drug-likeness (QED) is 0.434. The van der Waals surface area contributed by atoms with Crippen LogP contribution in [0.3, 0.4) is 0 Å². The molecule has 0 bridgehead atoms. The van der Waals surface area contributed by atoms with Gasteiger partial charge < -0.3 is 25.2 Å². The number of likely N-dealkylation sites (N-methyl/N-ethyl adjacent to an activating group) is 1. The van der Waals surface area contributed by atoms with Crippen LogP contribution in [0, 0.1) is 0 Å². The van der Waals surface area contributed by atoms with Gasteiger partial charge >= 0.3 is 6.09 Å². The minimum atomic E-state index is -0.507. The Hall–Kier alpha value is -2.25. The number of hydrogen-bond donors (Lipinski definition) is 2. The van der Waals surface area contributed by atoms with Crippen molar-refractivity contribution in [1.29, 1.82) is 0 Å². The first-order valence-corrected chi connectivity index (χ1v) is 8.46. The van der Waals surface area contributed by atoms with Crippen LogP contribution in [0.1, 0.15) is 27.2 Å². The van der Waals surface area contributed by atoms with Gasteiger partial charge in [0.1, 0.15) is 12.1 Å². The number of nitrogens with one attached hydrogen (secondary N) is 2. The Kier molecular flexibility index (Phi) is 7.73. The summed E-state index contributed by atoms with van der Waals surface area (Å²) in [6.07, 6.45) is 2.19. The normalized spacial score (nSPS) is 17.9. The third-order valence-electron chi connectivity index (χ3n) is 3.47. The van der Waals surface area contributed by atoms with Crippen molar-refractivity contribution in [3.63, 3.8) is 0 Å². The summed E-state index contributed by atoms with van der Waals surface area (Å²) in [5, 5.41) is 6.35. The minimum absolute atomic E-state index is 0.0537. The SMILES string of the molecule is C=CCNC(=NCC(=O)N(C)C)NC1CCN(C(=O)OC(C)(C)C)C1. The molecule has 2 N–H and O–H groups in total. The van der Waals surface area contributed by atoms with E-state index in [4.69, 9.17) is 4.74 Å². The summed E-state index contributed by atoms with van der Waals surface area (Å²) >= 11 is 0. The molecule has 8 nitrogen and oxygen atoms in total. The molecule has 0 aromatic heterocycles.